The van der Waals surface area contributed by atoms with E-state index < -0.39 is 41.6 Å². The topological polar surface area (TPSA) is 70.2 Å². The van der Waals surface area contributed by atoms with Crippen LogP contribution in [0, 0.1) is 24.4 Å². The molecular formula is C15H14F3N3O2S. The first-order chi connectivity index (χ1) is 11.4. The summed E-state index contributed by atoms with van der Waals surface area (Å²) in [7, 11) is 0. The second-order valence-corrected chi connectivity index (χ2v) is 6.19. The molecule has 0 aliphatic heterocycles. The van der Waals surface area contributed by atoms with Crippen LogP contribution in [0.1, 0.15) is 9.75 Å². The van der Waals surface area contributed by atoms with Gasteiger partial charge in [-0.15, -0.1) is 11.3 Å². The molecule has 2 aromatic rings. The number of urea groups is 1. The molecule has 0 spiro atoms. The Morgan fingerprint density at radius 2 is 1.79 bits per heavy atom. The van der Waals surface area contributed by atoms with Gasteiger partial charge < -0.3 is 16.0 Å². The average Bonchev–Trinajstić information content (AvgIpc) is 2.97. The van der Waals surface area contributed by atoms with E-state index in [2.05, 4.69) is 10.6 Å². The van der Waals surface area contributed by atoms with Gasteiger partial charge in [-0.05, 0) is 31.2 Å². The van der Waals surface area contributed by atoms with E-state index in [1.54, 1.807) is 0 Å². The number of amides is 3. The number of benzene rings is 1. The molecule has 0 unspecified atom stereocenters. The van der Waals surface area contributed by atoms with Gasteiger partial charge in [-0.2, -0.15) is 0 Å². The van der Waals surface area contributed by atoms with Gasteiger partial charge >= 0.3 is 6.03 Å². The Labute approximate surface area is 139 Å². The number of carbonyl (C=O) groups is 2. The molecule has 3 N–H and O–H groups in total. The third-order valence-electron chi connectivity index (χ3n) is 2.94. The van der Waals surface area contributed by atoms with Crippen LogP contribution in [0.15, 0.2) is 24.3 Å². The highest BCUT2D eigenvalue weighted by atomic mass is 32.1. The van der Waals surface area contributed by atoms with Crippen LogP contribution in [0.2, 0.25) is 0 Å². The molecule has 0 fully saturated rings. The predicted molar refractivity (Wildman–Crippen MR) is 84.2 cm³/mol. The number of nitrogens with one attached hydrogen (secondary N) is 3. The van der Waals surface area contributed by atoms with E-state index in [0.29, 0.717) is 12.6 Å². The maximum absolute atomic E-state index is 13.4. The number of thiophene rings is 1. The summed E-state index contributed by atoms with van der Waals surface area (Å²) in [5.41, 5.74) is -0.504. The number of anilines is 1. The lowest BCUT2D eigenvalue weighted by Crippen LogP contribution is -2.39. The van der Waals surface area contributed by atoms with Crippen LogP contribution in [0.4, 0.5) is 23.7 Å². The molecule has 5 nitrogen and oxygen atoms in total. The van der Waals surface area contributed by atoms with E-state index in [1.807, 2.05) is 24.4 Å². The number of aryl methyl sites for hydroxylation is 1. The minimum Gasteiger partial charge on any atom is -0.333 e. The second-order valence-electron chi connectivity index (χ2n) is 4.82. The van der Waals surface area contributed by atoms with E-state index in [-0.39, 0.29) is 0 Å². The molecule has 24 heavy (non-hydrogen) atoms. The van der Waals surface area contributed by atoms with Crippen LogP contribution in [-0.2, 0) is 11.3 Å². The second kappa shape index (κ2) is 7.82. The molecular weight excluding hydrogens is 343 g/mol. The van der Waals surface area contributed by atoms with Crippen LogP contribution in [0.3, 0.4) is 0 Å². The van der Waals surface area contributed by atoms with Crippen LogP contribution < -0.4 is 16.0 Å². The lowest BCUT2D eigenvalue weighted by atomic mass is 10.2. The zero-order valence-electron chi connectivity index (χ0n) is 12.6. The molecule has 0 bridgehead atoms. The van der Waals surface area contributed by atoms with Crippen molar-refractivity contribution in [1.82, 2.24) is 10.6 Å². The molecule has 9 heteroatoms. The van der Waals surface area contributed by atoms with E-state index in [1.165, 1.54) is 11.3 Å². The monoisotopic (exact) mass is 357 g/mol. The summed E-state index contributed by atoms with van der Waals surface area (Å²) in [6.45, 7) is 1.80. The number of carbonyl (C=O) groups excluding carboxylic acids is 2. The quantitative estimate of drug-likeness (QED) is 0.720. The largest absolute Gasteiger partial charge is 0.333 e. The fourth-order valence-electron chi connectivity index (χ4n) is 1.79. The molecule has 3 amide bonds. The fraction of sp³-hybridized carbons (Fsp3) is 0.200. The van der Waals surface area contributed by atoms with Crippen molar-refractivity contribution < 1.29 is 22.8 Å². The molecule has 2 rings (SSSR count). The minimum atomic E-state index is -1.68. The Morgan fingerprint density at radius 1 is 1.04 bits per heavy atom. The third-order valence-corrected chi connectivity index (χ3v) is 3.94. The van der Waals surface area contributed by atoms with Crippen molar-refractivity contribution in [1.29, 1.82) is 0 Å². The highest BCUT2D eigenvalue weighted by Crippen LogP contribution is 2.19. The summed E-state index contributed by atoms with van der Waals surface area (Å²) in [5.74, 6) is -5.31. The van der Waals surface area contributed by atoms with Gasteiger partial charge in [-0.3, -0.25) is 4.79 Å². The summed E-state index contributed by atoms with van der Waals surface area (Å²) in [6, 6.07) is 4.80. The van der Waals surface area contributed by atoms with Crippen molar-refractivity contribution in [3.63, 3.8) is 0 Å². The zero-order valence-corrected chi connectivity index (χ0v) is 13.4. The van der Waals surface area contributed by atoms with Crippen molar-refractivity contribution in [2.24, 2.45) is 0 Å². The first-order valence-corrected chi connectivity index (χ1v) is 7.69. The zero-order chi connectivity index (χ0) is 17.7. The Morgan fingerprint density at radius 3 is 2.46 bits per heavy atom. The first kappa shape index (κ1) is 17.8. The van der Waals surface area contributed by atoms with Crippen LogP contribution in [0.25, 0.3) is 0 Å². The summed E-state index contributed by atoms with van der Waals surface area (Å²) < 4.78 is 39.2. The first-order valence-electron chi connectivity index (χ1n) is 6.87. The molecule has 0 saturated heterocycles. The normalized spacial score (nSPS) is 10.3. The number of hydrogen-bond donors (Lipinski definition) is 3. The highest BCUT2D eigenvalue weighted by molar-refractivity contribution is 7.11. The Hall–Kier alpha value is -2.55. The predicted octanol–water partition coefficient (Wildman–Crippen LogP) is 2.91. The van der Waals surface area contributed by atoms with E-state index in [9.17, 15) is 22.8 Å². The Kier molecular flexibility index (Phi) is 5.80. The maximum atomic E-state index is 13.4. The van der Waals surface area contributed by atoms with Crippen LogP contribution >= 0.6 is 11.3 Å². The van der Waals surface area contributed by atoms with E-state index >= 15 is 0 Å². The standard InChI is InChI=1S/C15H14F3N3O2S/c1-8-2-3-9(24-8)6-19-15(23)20-7-12(22)21-11-5-4-10(16)13(17)14(11)18/h2-5H,6-7H2,1H3,(H,21,22)(H2,19,20,23). The van der Waals surface area contributed by atoms with Gasteiger partial charge in [0.2, 0.25) is 5.91 Å². The van der Waals surface area contributed by atoms with Gasteiger partial charge in [0.25, 0.3) is 0 Å². The molecule has 0 radical (unpaired) electrons. The van der Waals surface area contributed by atoms with Gasteiger partial charge in [-0.1, -0.05) is 0 Å². The van der Waals surface area contributed by atoms with Gasteiger partial charge in [0.1, 0.15) is 0 Å². The molecule has 1 aromatic heterocycles. The molecule has 128 valence electrons. The lowest BCUT2D eigenvalue weighted by molar-refractivity contribution is -0.115. The number of rotatable bonds is 5. The fourth-order valence-corrected chi connectivity index (χ4v) is 2.62. The maximum Gasteiger partial charge on any atom is 0.315 e. The molecule has 1 aromatic carbocycles. The number of halogens is 3. The van der Waals surface area contributed by atoms with Crippen molar-refractivity contribution in [3.05, 3.63) is 51.5 Å². The Bertz CT molecular complexity index is 764. The van der Waals surface area contributed by atoms with Gasteiger partial charge in [0.05, 0.1) is 18.8 Å². The van der Waals surface area contributed by atoms with Crippen molar-refractivity contribution in [3.8, 4) is 0 Å². The van der Waals surface area contributed by atoms with E-state index in [4.69, 9.17) is 0 Å². The SMILES string of the molecule is Cc1ccc(CNC(=O)NCC(=O)Nc2ccc(F)c(F)c2F)s1. The van der Waals surface area contributed by atoms with Crippen molar-refractivity contribution >= 4 is 29.0 Å². The Balaban J connectivity index is 1.78. The van der Waals surface area contributed by atoms with Gasteiger partial charge in [0.15, 0.2) is 17.5 Å². The van der Waals surface area contributed by atoms with Crippen molar-refractivity contribution in [2.75, 3.05) is 11.9 Å². The molecule has 1 heterocycles. The van der Waals surface area contributed by atoms with Gasteiger partial charge in [-0.25, -0.2) is 18.0 Å². The average molecular weight is 357 g/mol. The highest BCUT2D eigenvalue weighted by Gasteiger charge is 2.15. The molecule has 0 saturated carbocycles. The van der Waals surface area contributed by atoms with Crippen LogP contribution in [-0.4, -0.2) is 18.5 Å². The summed E-state index contributed by atoms with van der Waals surface area (Å²) in [4.78, 5) is 25.2. The summed E-state index contributed by atoms with van der Waals surface area (Å²) >= 11 is 1.53. The summed E-state index contributed by atoms with van der Waals surface area (Å²) in [5, 5.41) is 6.88. The molecule has 0 aliphatic rings. The van der Waals surface area contributed by atoms with E-state index in [0.717, 1.165) is 15.8 Å². The van der Waals surface area contributed by atoms with Gasteiger partial charge in [0, 0.05) is 9.75 Å². The molecule has 0 aliphatic carbocycles. The lowest BCUT2D eigenvalue weighted by Gasteiger charge is -2.09. The van der Waals surface area contributed by atoms with Crippen molar-refractivity contribution in [2.45, 2.75) is 13.5 Å². The van der Waals surface area contributed by atoms with Crippen LogP contribution in [0.5, 0.6) is 0 Å². The minimum absolute atomic E-state index is 0.309. The number of hydrogen-bond acceptors (Lipinski definition) is 3. The third kappa shape index (κ3) is 4.72. The summed E-state index contributed by atoms with van der Waals surface area (Å²) in [6.07, 6.45) is 0. The smallest absolute Gasteiger partial charge is 0.315 e. The molecule has 0 atom stereocenters.